The van der Waals surface area contributed by atoms with E-state index in [1.54, 1.807) is 18.2 Å². The Labute approximate surface area is 176 Å². The van der Waals surface area contributed by atoms with Crippen LogP contribution in [0.25, 0.3) is 6.08 Å². The van der Waals surface area contributed by atoms with Crippen LogP contribution in [0.4, 0.5) is 10.5 Å². The highest BCUT2D eigenvalue weighted by atomic mass is 16.5. The van der Waals surface area contributed by atoms with Crippen molar-refractivity contribution >= 4 is 35.6 Å². The van der Waals surface area contributed by atoms with Crippen molar-refractivity contribution in [2.24, 2.45) is 0 Å². The van der Waals surface area contributed by atoms with Gasteiger partial charge in [0.2, 0.25) is 0 Å². The number of carbonyl (C=O) groups is 4. The molecule has 9 nitrogen and oxygen atoms in total. The molecule has 3 rings (SSSR count). The van der Waals surface area contributed by atoms with Crippen molar-refractivity contribution in [2.75, 3.05) is 18.6 Å². The van der Waals surface area contributed by atoms with Gasteiger partial charge in [-0.25, -0.2) is 14.5 Å². The number of carbonyl (C=O) groups excluding carboxylic acids is 3. The van der Waals surface area contributed by atoms with E-state index >= 15 is 0 Å². The predicted molar refractivity (Wildman–Crippen MR) is 110 cm³/mol. The molecule has 1 heterocycles. The number of rotatable bonds is 6. The van der Waals surface area contributed by atoms with Gasteiger partial charge in [0, 0.05) is 0 Å². The monoisotopic (exact) mass is 420 g/mol. The van der Waals surface area contributed by atoms with Crippen molar-refractivity contribution in [3.63, 3.8) is 0 Å². The number of amides is 4. The molecule has 1 fully saturated rings. The molecular formula is C22H16N2O7. The van der Waals surface area contributed by atoms with Crippen molar-refractivity contribution in [1.82, 2.24) is 5.32 Å². The number of nitrogens with zero attached hydrogens (tertiary/aromatic N) is 1. The van der Waals surface area contributed by atoms with E-state index in [4.69, 9.17) is 21.0 Å². The Morgan fingerprint density at radius 3 is 2.48 bits per heavy atom. The minimum atomic E-state index is -1.15. The van der Waals surface area contributed by atoms with Gasteiger partial charge in [-0.15, -0.1) is 6.42 Å². The second-order valence-corrected chi connectivity index (χ2v) is 6.21. The molecule has 2 aromatic rings. The van der Waals surface area contributed by atoms with Crippen molar-refractivity contribution in [1.29, 1.82) is 0 Å². The van der Waals surface area contributed by atoms with Gasteiger partial charge < -0.3 is 14.6 Å². The van der Waals surface area contributed by atoms with E-state index < -0.39 is 23.8 Å². The molecule has 0 aliphatic carbocycles. The number of urea groups is 1. The number of hydrogen-bond acceptors (Lipinski definition) is 6. The Bertz CT molecular complexity index is 1140. The van der Waals surface area contributed by atoms with Crippen LogP contribution in [0.15, 0.2) is 48.0 Å². The second-order valence-electron chi connectivity index (χ2n) is 6.21. The maximum atomic E-state index is 12.9. The first-order valence-electron chi connectivity index (χ1n) is 8.85. The zero-order chi connectivity index (χ0) is 22.5. The highest BCUT2D eigenvalue weighted by Crippen LogP contribution is 2.30. The molecule has 0 spiro atoms. The van der Waals surface area contributed by atoms with Crippen LogP contribution in [-0.4, -0.2) is 42.6 Å². The smallest absolute Gasteiger partial charge is 0.335 e. The average Bonchev–Trinajstić information content (AvgIpc) is 2.75. The van der Waals surface area contributed by atoms with Crippen molar-refractivity contribution in [3.05, 3.63) is 59.2 Å². The number of hydrogen-bond donors (Lipinski definition) is 2. The van der Waals surface area contributed by atoms with Gasteiger partial charge in [-0.2, -0.15) is 0 Å². The highest BCUT2D eigenvalue weighted by molar-refractivity contribution is 6.39. The largest absolute Gasteiger partial charge is 0.493 e. The minimum absolute atomic E-state index is 0.0142. The number of imide groups is 2. The van der Waals surface area contributed by atoms with Gasteiger partial charge in [-0.05, 0) is 48.0 Å². The van der Waals surface area contributed by atoms with Crippen LogP contribution in [-0.2, 0) is 9.59 Å². The molecule has 1 aliphatic heterocycles. The topological polar surface area (TPSA) is 122 Å². The van der Waals surface area contributed by atoms with Crippen LogP contribution >= 0.6 is 0 Å². The van der Waals surface area contributed by atoms with Gasteiger partial charge in [-0.1, -0.05) is 12.0 Å². The summed E-state index contributed by atoms with van der Waals surface area (Å²) in [5.74, 6) is 0.190. The van der Waals surface area contributed by atoms with Gasteiger partial charge >= 0.3 is 12.0 Å². The number of nitrogens with one attached hydrogen (secondary N) is 1. The molecule has 0 bridgehead atoms. The Kier molecular flexibility index (Phi) is 6.02. The van der Waals surface area contributed by atoms with Crippen LogP contribution < -0.4 is 19.7 Å². The molecule has 0 unspecified atom stereocenters. The van der Waals surface area contributed by atoms with E-state index in [-0.39, 0.29) is 23.4 Å². The Morgan fingerprint density at radius 1 is 1.16 bits per heavy atom. The highest BCUT2D eigenvalue weighted by Gasteiger charge is 2.36. The summed E-state index contributed by atoms with van der Waals surface area (Å²) in [5.41, 5.74) is 0.251. The van der Waals surface area contributed by atoms with E-state index in [1.807, 2.05) is 0 Å². The van der Waals surface area contributed by atoms with Gasteiger partial charge in [0.15, 0.2) is 11.5 Å². The van der Waals surface area contributed by atoms with Gasteiger partial charge in [-0.3, -0.25) is 14.9 Å². The molecular weight excluding hydrogens is 404 g/mol. The lowest BCUT2D eigenvalue weighted by molar-refractivity contribution is -0.122. The van der Waals surface area contributed by atoms with E-state index in [0.29, 0.717) is 17.1 Å². The molecule has 156 valence electrons. The fourth-order valence-corrected chi connectivity index (χ4v) is 2.82. The third kappa shape index (κ3) is 4.38. The zero-order valence-electron chi connectivity index (χ0n) is 16.2. The first-order chi connectivity index (χ1) is 14.8. The molecule has 31 heavy (non-hydrogen) atoms. The fourth-order valence-electron chi connectivity index (χ4n) is 2.82. The first kappa shape index (κ1) is 21.1. The van der Waals surface area contributed by atoms with Gasteiger partial charge in [0.05, 0.1) is 18.4 Å². The van der Waals surface area contributed by atoms with E-state index in [1.165, 1.54) is 37.5 Å². The summed E-state index contributed by atoms with van der Waals surface area (Å²) in [7, 11) is 1.43. The number of barbiturate groups is 1. The summed E-state index contributed by atoms with van der Waals surface area (Å²) in [4.78, 5) is 49.2. The van der Waals surface area contributed by atoms with Crippen LogP contribution in [0.1, 0.15) is 15.9 Å². The molecule has 0 saturated carbocycles. The Morgan fingerprint density at radius 2 is 1.87 bits per heavy atom. The van der Waals surface area contributed by atoms with Crippen LogP contribution in [0, 0.1) is 12.3 Å². The number of anilines is 1. The SMILES string of the molecule is C#CCOc1ccc(C=C2C(=O)NC(=O)N(c3ccc(C(=O)O)cc3)C2=O)cc1OC. The zero-order valence-corrected chi connectivity index (χ0v) is 16.2. The number of ether oxygens (including phenoxy) is 2. The molecule has 2 aromatic carbocycles. The normalized spacial score (nSPS) is 14.8. The second kappa shape index (κ2) is 8.84. The van der Waals surface area contributed by atoms with Crippen molar-refractivity contribution in [3.8, 4) is 23.8 Å². The van der Waals surface area contributed by atoms with Crippen LogP contribution in [0.2, 0.25) is 0 Å². The standard InChI is InChI=1S/C22H16N2O7/c1-3-10-31-17-9-4-13(12-18(17)30-2)11-16-19(25)23-22(29)24(20(16)26)15-7-5-14(6-8-15)21(27)28/h1,4-9,11-12H,10H2,2H3,(H,27,28)(H,23,25,29). The maximum absolute atomic E-state index is 12.9. The van der Waals surface area contributed by atoms with E-state index in [2.05, 4.69) is 11.2 Å². The third-order valence-corrected chi connectivity index (χ3v) is 4.28. The lowest BCUT2D eigenvalue weighted by atomic mass is 10.1. The van der Waals surface area contributed by atoms with Crippen LogP contribution in [0.3, 0.4) is 0 Å². The minimum Gasteiger partial charge on any atom is -0.493 e. The van der Waals surface area contributed by atoms with Crippen molar-refractivity contribution in [2.45, 2.75) is 0 Å². The first-order valence-corrected chi connectivity index (χ1v) is 8.85. The summed E-state index contributed by atoms with van der Waals surface area (Å²) < 4.78 is 10.6. The number of terminal acetylenes is 1. The van der Waals surface area contributed by atoms with Gasteiger partial charge in [0.25, 0.3) is 11.8 Å². The molecule has 1 aliphatic rings. The number of methoxy groups -OCH3 is 1. The molecule has 4 amide bonds. The van der Waals surface area contributed by atoms with E-state index in [0.717, 1.165) is 4.90 Å². The summed E-state index contributed by atoms with van der Waals surface area (Å²) in [5, 5.41) is 11.1. The summed E-state index contributed by atoms with van der Waals surface area (Å²) in [6, 6.07) is 8.86. The molecule has 2 N–H and O–H groups in total. The Balaban J connectivity index is 1.95. The molecule has 1 saturated heterocycles. The Hall–Kier alpha value is -4.58. The van der Waals surface area contributed by atoms with Crippen molar-refractivity contribution < 1.29 is 33.8 Å². The summed E-state index contributed by atoms with van der Waals surface area (Å²) in [6.45, 7) is 0.0371. The molecule has 0 radical (unpaired) electrons. The van der Waals surface area contributed by atoms with Gasteiger partial charge in [0.1, 0.15) is 12.2 Å². The van der Waals surface area contributed by atoms with E-state index in [9.17, 15) is 19.2 Å². The third-order valence-electron chi connectivity index (χ3n) is 4.28. The number of benzene rings is 2. The van der Waals surface area contributed by atoms with Crippen LogP contribution in [0.5, 0.6) is 11.5 Å². The lowest BCUT2D eigenvalue weighted by Gasteiger charge is -2.26. The lowest BCUT2D eigenvalue weighted by Crippen LogP contribution is -2.54. The molecule has 0 atom stereocenters. The maximum Gasteiger partial charge on any atom is 0.335 e. The molecule has 9 heteroatoms. The fraction of sp³-hybridized carbons (Fsp3) is 0.0909. The average molecular weight is 420 g/mol. The molecule has 0 aromatic heterocycles. The number of carboxylic acids is 1. The summed E-state index contributed by atoms with van der Waals surface area (Å²) >= 11 is 0. The predicted octanol–water partition coefficient (Wildman–Crippen LogP) is 2.07. The number of aromatic carboxylic acids is 1. The number of carboxylic acid groups (broad SMARTS) is 1. The quantitative estimate of drug-likeness (QED) is 0.417. The summed E-state index contributed by atoms with van der Waals surface area (Å²) in [6.07, 6.45) is 6.48.